The number of thioether (sulfide) groups is 1. The van der Waals surface area contributed by atoms with Gasteiger partial charge in [-0.15, -0.1) is 11.8 Å². The van der Waals surface area contributed by atoms with E-state index in [-0.39, 0.29) is 18.4 Å². The van der Waals surface area contributed by atoms with Gasteiger partial charge >= 0.3 is 5.97 Å². The highest BCUT2D eigenvalue weighted by Crippen LogP contribution is 2.22. The van der Waals surface area contributed by atoms with Gasteiger partial charge in [0.25, 0.3) is 0 Å². The number of hydrogen-bond acceptors (Lipinski definition) is 4. The van der Waals surface area contributed by atoms with Crippen molar-refractivity contribution < 1.29 is 14.7 Å². The van der Waals surface area contributed by atoms with E-state index in [0.717, 1.165) is 37.3 Å². The van der Waals surface area contributed by atoms with Crippen molar-refractivity contribution >= 4 is 23.6 Å². The Morgan fingerprint density at radius 1 is 1.36 bits per heavy atom. The van der Waals surface area contributed by atoms with Gasteiger partial charge in [-0.2, -0.15) is 0 Å². The van der Waals surface area contributed by atoms with Crippen molar-refractivity contribution in [3.63, 3.8) is 0 Å². The second kappa shape index (κ2) is 8.78. The van der Waals surface area contributed by atoms with Crippen LogP contribution in [0.4, 0.5) is 0 Å². The summed E-state index contributed by atoms with van der Waals surface area (Å²) in [5.74, 6) is 0.485. The summed E-state index contributed by atoms with van der Waals surface area (Å²) in [6.45, 7) is 0.757. The average Bonchev–Trinajstić information content (AvgIpc) is 2.54. The van der Waals surface area contributed by atoms with Crippen LogP contribution in [0, 0.1) is 0 Å². The van der Waals surface area contributed by atoms with Gasteiger partial charge in [-0.05, 0) is 37.8 Å². The molecule has 0 saturated carbocycles. The lowest BCUT2D eigenvalue weighted by Crippen LogP contribution is -2.44. The number of likely N-dealkylation sites (tertiary alicyclic amines) is 1. The molecule has 0 radical (unpaired) electrons. The predicted molar refractivity (Wildman–Crippen MR) is 86.6 cm³/mol. The first-order valence-corrected chi connectivity index (χ1v) is 8.81. The lowest BCUT2D eigenvalue weighted by atomic mass is 9.98. The Balaban J connectivity index is 1.79. The third-order valence-corrected chi connectivity index (χ3v) is 4.79. The van der Waals surface area contributed by atoms with Crippen molar-refractivity contribution in [1.82, 2.24) is 9.88 Å². The van der Waals surface area contributed by atoms with Crippen molar-refractivity contribution in [3.05, 3.63) is 30.1 Å². The maximum atomic E-state index is 12.4. The fraction of sp³-hybridized carbons (Fsp3) is 0.562. The number of aromatic nitrogens is 1. The molecule has 1 aliphatic heterocycles. The van der Waals surface area contributed by atoms with E-state index >= 15 is 0 Å². The SMILES string of the molecule is O=C(O)CCC1CCCCN1C(=O)CSCc1ccccn1. The summed E-state index contributed by atoms with van der Waals surface area (Å²) in [6.07, 6.45) is 5.46. The quantitative estimate of drug-likeness (QED) is 0.835. The van der Waals surface area contributed by atoms with Crippen LogP contribution in [0.1, 0.15) is 37.8 Å². The van der Waals surface area contributed by atoms with E-state index in [1.54, 1.807) is 18.0 Å². The molecule has 1 fully saturated rings. The van der Waals surface area contributed by atoms with Crippen LogP contribution >= 0.6 is 11.8 Å². The van der Waals surface area contributed by atoms with Crippen LogP contribution in [0.25, 0.3) is 0 Å². The van der Waals surface area contributed by atoms with Crippen LogP contribution < -0.4 is 0 Å². The lowest BCUT2D eigenvalue weighted by molar-refractivity contribution is -0.139. The molecule has 1 amide bonds. The molecule has 1 aromatic heterocycles. The summed E-state index contributed by atoms with van der Waals surface area (Å²) in [6, 6.07) is 5.86. The number of carbonyl (C=O) groups is 2. The van der Waals surface area contributed by atoms with E-state index in [0.29, 0.717) is 12.2 Å². The Morgan fingerprint density at radius 3 is 2.95 bits per heavy atom. The van der Waals surface area contributed by atoms with Crippen LogP contribution in [0.3, 0.4) is 0 Å². The molecule has 2 rings (SSSR count). The maximum Gasteiger partial charge on any atom is 0.303 e. The summed E-state index contributed by atoms with van der Waals surface area (Å²) in [7, 11) is 0. The zero-order valence-electron chi connectivity index (χ0n) is 12.6. The van der Waals surface area contributed by atoms with Crippen molar-refractivity contribution in [2.24, 2.45) is 0 Å². The van der Waals surface area contributed by atoms with E-state index in [1.165, 1.54) is 0 Å². The Kier molecular flexibility index (Phi) is 6.71. The molecule has 0 aromatic carbocycles. The molecule has 1 aromatic rings. The fourth-order valence-electron chi connectivity index (χ4n) is 2.73. The Hall–Kier alpha value is -1.56. The number of amides is 1. The fourth-order valence-corrected chi connectivity index (χ4v) is 3.55. The first kappa shape index (κ1) is 16.8. The minimum atomic E-state index is -0.789. The third-order valence-electron chi connectivity index (χ3n) is 3.84. The number of carboxylic acid groups (broad SMARTS) is 1. The van der Waals surface area contributed by atoms with Crippen LogP contribution in [-0.4, -0.2) is 45.2 Å². The second-order valence-electron chi connectivity index (χ2n) is 5.48. The first-order chi connectivity index (χ1) is 10.7. The Labute approximate surface area is 135 Å². The van der Waals surface area contributed by atoms with Gasteiger partial charge in [-0.3, -0.25) is 14.6 Å². The summed E-state index contributed by atoms with van der Waals surface area (Å²) >= 11 is 1.56. The highest BCUT2D eigenvalue weighted by atomic mass is 32.2. The molecule has 0 aliphatic carbocycles. The molecule has 1 atom stereocenters. The van der Waals surface area contributed by atoms with Gasteiger partial charge < -0.3 is 10.0 Å². The molecule has 1 unspecified atom stereocenters. The second-order valence-corrected chi connectivity index (χ2v) is 6.47. The number of nitrogens with zero attached hydrogens (tertiary/aromatic N) is 2. The van der Waals surface area contributed by atoms with Gasteiger partial charge in [-0.25, -0.2) is 0 Å². The summed E-state index contributed by atoms with van der Waals surface area (Å²) in [5.41, 5.74) is 0.973. The van der Waals surface area contributed by atoms with Crippen molar-refractivity contribution in [2.45, 2.75) is 43.9 Å². The van der Waals surface area contributed by atoms with E-state index in [1.807, 2.05) is 23.1 Å². The molecule has 1 aliphatic rings. The number of piperidine rings is 1. The number of carboxylic acids is 1. The number of carbonyl (C=O) groups excluding carboxylic acids is 1. The Morgan fingerprint density at radius 2 is 2.23 bits per heavy atom. The number of aliphatic carboxylic acids is 1. The number of rotatable bonds is 7. The molecular formula is C16H22N2O3S. The monoisotopic (exact) mass is 322 g/mol. The largest absolute Gasteiger partial charge is 0.481 e. The van der Waals surface area contributed by atoms with Crippen LogP contribution in [0.2, 0.25) is 0 Å². The summed E-state index contributed by atoms with van der Waals surface area (Å²) < 4.78 is 0. The van der Waals surface area contributed by atoms with Gasteiger partial charge in [-0.1, -0.05) is 6.07 Å². The van der Waals surface area contributed by atoms with E-state index < -0.39 is 5.97 Å². The highest BCUT2D eigenvalue weighted by molar-refractivity contribution is 7.99. The predicted octanol–water partition coefficient (Wildman–Crippen LogP) is 2.56. The third kappa shape index (κ3) is 5.33. The number of pyridine rings is 1. The minimum Gasteiger partial charge on any atom is -0.481 e. The molecule has 1 saturated heterocycles. The topological polar surface area (TPSA) is 70.5 Å². The molecule has 0 bridgehead atoms. The molecule has 6 heteroatoms. The van der Waals surface area contributed by atoms with Gasteiger partial charge in [0.15, 0.2) is 0 Å². The minimum absolute atomic E-state index is 0.0906. The summed E-state index contributed by atoms with van der Waals surface area (Å²) in [5, 5.41) is 8.82. The molecule has 1 N–H and O–H groups in total. The molecule has 2 heterocycles. The van der Waals surface area contributed by atoms with Crippen molar-refractivity contribution in [1.29, 1.82) is 0 Å². The highest BCUT2D eigenvalue weighted by Gasteiger charge is 2.26. The van der Waals surface area contributed by atoms with E-state index in [4.69, 9.17) is 5.11 Å². The normalized spacial score (nSPS) is 18.2. The zero-order valence-corrected chi connectivity index (χ0v) is 13.4. The molecule has 22 heavy (non-hydrogen) atoms. The maximum absolute atomic E-state index is 12.4. The van der Waals surface area contributed by atoms with Gasteiger partial charge in [0.05, 0.1) is 11.4 Å². The Bertz CT molecular complexity index is 495. The van der Waals surface area contributed by atoms with Crippen LogP contribution in [0.15, 0.2) is 24.4 Å². The van der Waals surface area contributed by atoms with Crippen molar-refractivity contribution in [2.75, 3.05) is 12.3 Å². The summed E-state index contributed by atoms with van der Waals surface area (Å²) in [4.78, 5) is 29.2. The molecule has 0 spiro atoms. The number of hydrogen-bond donors (Lipinski definition) is 1. The van der Waals surface area contributed by atoms with Gasteiger partial charge in [0.2, 0.25) is 5.91 Å². The van der Waals surface area contributed by atoms with Crippen molar-refractivity contribution in [3.8, 4) is 0 Å². The van der Waals surface area contributed by atoms with E-state index in [9.17, 15) is 9.59 Å². The average molecular weight is 322 g/mol. The standard InChI is InChI=1S/C16H22N2O3S/c19-15(12-22-11-13-5-1-3-9-17-13)18-10-4-2-6-14(18)7-8-16(20)21/h1,3,5,9,14H,2,4,6-8,10-12H2,(H,20,21). The first-order valence-electron chi connectivity index (χ1n) is 7.65. The van der Waals surface area contributed by atoms with Crippen LogP contribution in [0.5, 0.6) is 0 Å². The van der Waals surface area contributed by atoms with Crippen LogP contribution in [-0.2, 0) is 15.3 Å². The molecular weight excluding hydrogens is 300 g/mol. The molecule has 120 valence electrons. The van der Waals surface area contributed by atoms with E-state index in [2.05, 4.69) is 4.98 Å². The lowest BCUT2D eigenvalue weighted by Gasteiger charge is -2.35. The zero-order chi connectivity index (χ0) is 15.8. The van der Waals surface area contributed by atoms with Gasteiger partial charge in [0.1, 0.15) is 0 Å². The van der Waals surface area contributed by atoms with Gasteiger partial charge in [0, 0.05) is 31.0 Å². The molecule has 5 nitrogen and oxygen atoms in total. The smallest absolute Gasteiger partial charge is 0.303 e.